The molecule has 34 heavy (non-hydrogen) atoms. The van der Waals surface area contributed by atoms with Gasteiger partial charge in [0.15, 0.2) is 0 Å². The van der Waals surface area contributed by atoms with Gasteiger partial charge in [-0.3, -0.25) is 4.72 Å². The van der Waals surface area contributed by atoms with Crippen LogP contribution in [0, 0.1) is 11.3 Å². The molecular weight excluding hydrogens is 493 g/mol. The van der Waals surface area contributed by atoms with Crippen molar-refractivity contribution in [3.8, 4) is 28.8 Å². The minimum absolute atomic E-state index is 0.00995. The van der Waals surface area contributed by atoms with E-state index in [9.17, 15) is 26.9 Å². The smallest absolute Gasteiger partial charge is 0.416 e. The van der Waals surface area contributed by atoms with E-state index in [0.29, 0.717) is 0 Å². The van der Waals surface area contributed by atoms with Crippen molar-refractivity contribution in [2.24, 2.45) is 0 Å². The standard InChI is InChI=1S/C20H11F3N6O3S2/c21-20(22,23)13-1-3-18(15(8-13)16-5-6-25-10-26-16)32-17-4-2-14(7-12(17)9-24)34(30,31)29-19-27-11-28-33-19/h1-8,10-11H,(H,27,28,29). The first kappa shape index (κ1) is 23.1. The third-order valence-electron chi connectivity index (χ3n) is 4.35. The molecule has 4 rings (SSSR count). The molecule has 2 aromatic carbocycles. The third kappa shape index (κ3) is 4.95. The van der Waals surface area contributed by atoms with Crippen LogP contribution in [0.4, 0.5) is 18.3 Å². The summed E-state index contributed by atoms with van der Waals surface area (Å²) in [5.74, 6) is -0.0850. The van der Waals surface area contributed by atoms with Gasteiger partial charge in [0.05, 0.1) is 21.7 Å². The zero-order chi connectivity index (χ0) is 24.3. The van der Waals surface area contributed by atoms with Crippen molar-refractivity contribution >= 4 is 26.7 Å². The monoisotopic (exact) mass is 504 g/mol. The van der Waals surface area contributed by atoms with E-state index in [4.69, 9.17) is 4.74 Å². The predicted molar refractivity (Wildman–Crippen MR) is 114 cm³/mol. The topological polar surface area (TPSA) is 131 Å². The van der Waals surface area contributed by atoms with Crippen LogP contribution in [0.1, 0.15) is 11.1 Å². The Balaban J connectivity index is 1.72. The Hall–Kier alpha value is -4.09. The van der Waals surface area contributed by atoms with E-state index in [0.717, 1.165) is 35.8 Å². The maximum atomic E-state index is 13.3. The SMILES string of the molecule is N#Cc1cc(S(=O)(=O)Nc2ncns2)ccc1Oc1ccc(C(F)(F)F)cc1-c1ccncn1. The second-order valence-electron chi connectivity index (χ2n) is 6.53. The molecule has 0 aliphatic rings. The lowest BCUT2D eigenvalue weighted by atomic mass is 10.1. The Labute approximate surface area is 194 Å². The highest BCUT2D eigenvalue weighted by Crippen LogP contribution is 2.39. The average Bonchev–Trinajstić information content (AvgIpc) is 3.31. The van der Waals surface area contributed by atoms with Crippen molar-refractivity contribution in [1.29, 1.82) is 5.26 Å². The van der Waals surface area contributed by atoms with E-state index < -0.39 is 21.8 Å². The molecule has 2 heterocycles. The normalized spacial score (nSPS) is 11.6. The van der Waals surface area contributed by atoms with Crippen LogP contribution in [0.2, 0.25) is 0 Å². The van der Waals surface area contributed by atoms with Gasteiger partial charge in [-0.2, -0.15) is 22.8 Å². The number of nitrogens with zero attached hydrogens (tertiary/aromatic N) is 5. The summed E-state index contributed by atoms with van der Waals surface area (Å²) in [5.41, 5.74) is -0.905. The van der Waals surface area contributed by atoms with Crippen molar-refractivity contribution in [2.75, 3.05) is 4.72 Å². The predicted octanol–water partition coefficient (Wildman–Crippen LogP) is 4.48. The van der Waals surface area contributed by atoms with Gasteiger partial charge in [-0.05, 0) is 42.5 Å². The van der Waals surface area contributed by atoms with Crippen molar-refractivity contribution in [2.45, 2.75) is 11.1 Å². The Morgan fingerprint density at radius 1 is 1.03 bits per heavy atom. The number of hydrogen-bond donors (Lipinski definition) is 1. The first-order valence-corrected chi connectivity index (χ1v) is 11.4. The highest BCUT2D eigenvalue weighted by atomic mass is 32.2. The van der Waals surface area contributed by atoms with E-state index in [1.807, 2.05) is 6.07 Å². The molecule has 0 saturated heterocycles. The summed E-state index contributed by atoms with van der Waals surface area (Å²) in [6, 6.07) is 9.53. The van der Waals surface area contributed by atoms with Gasteiger partial charge in [-0.25, -0.2) is 23.4 Å². The summed E-state index contributed by atoms with van der Waals surface area (Å²) in [7, 11) is -4.07. The van der Waals surface area contributed by atoms with Crippen LogP contribution >= 0.6 is 11.5 Å². The molecule has 14 heteroatoms. The Morgan fingerprint density at radius 3 is 2.47 bits per heavy atom. The Kier molecular flexibility index (Phi) is 6.14. The minimum atomic E-state index is -4.60. The summed E-state index contributed by atoms with van der Waals surface area (Å²) < 4.78 is 76.6. The van der Waals surface area contributed by atoms with Gasteiger partial charge in [0.1, 0.15) is 30.2 Å². The van der Waals surface area contributed by atoms with Crippen molar-refractivity contribution < 1.29 is 26.3 Å². The molecule has 0 saturated carbocycles. The number of halogens is 3. The molecule has 0 radical (unpaired) electrons. The highest BCUT2D eigenvalue weighted by Gasteiger charge is 2.31. The highest BCUT2D eigenvalue weighted by molar-refractivity contribution is 7.93. The quantitative estimate of drug-likeness (QED) is 0.407. The van der Waals surface area contributed by atoms with Gasteiger partial charge < -0.3 is 4.74 Å². The number of alkyl halides is 3. The maximum Gasteiger partial charge on any atom is 0.416 e. The van der Waals surface area contributed by atoms with Crippen LogP contribution in [0.5, 0.6) is 11.5 Å². The number of aromatic nitrogens is 4. The fraction of sp³-hybridized carbons (Fsp3) is 0.0500. The van der Waals surface area contributed by atoms with E-state index in [-0.39, 0.29) is 38.3 Å². The van der Waals surface area contributed by atoms with E-state index >= 15 is 0 Å². The molecule has 0 amide bonds. The molecule has 0 bridgehead atoms. The van der Waals surface area contributed by atoms with Crippen molar-refractivity contribution in [1.82, 2.24) is 19.3 Å². The van der Waals surface area contributed by atoms with Gasteiger partial charge >= 0.3 is 6.18 Å². The zero-order valence-corrected chi connectivity index (χ0v) is 18.3. The molecule has 0 unspecified atom stereocenters. The van der Waals surface area contributed by atoms with Crippen LogP contribution in [0.3, 0.4) is 0 Å². The van der Waals surface area contributed by atoms with Crippen LogP contribution < -0.4 is 9.46 Å². The number of nitriles is 1. The lowest BCUT2D eigenvalue weighted by Gasteiger charge is -2.15. The Morgan fingerprint density at radius 2 is 1.82 bits per heavy atom. The number of ether oxygens (including phenoxy) is 1. The van der Waals surface area contributed by atoms with Crippen LogP contribution in [-0.4, -0.2) is 27.7 Å². The minimum Gasteiger partial charge on any atom is -0.455 e. The summed E-state index contributed by atoms with van der Waals surface area (Å²) in [6.45, 7) is 0. The lowest BCUT2D eigenvalue weighted by molar-refractivity contribution is -0.137. The first-order valence-electron chi connectivity index (χ1n) is 9.16. The number of benzene rings is 2. The van der Waals surface area contributed by atoms with E-state index in [1.54, 1.807) is 0 Å². The van der Waals surface area contributed by atoms with Crippen molar-refractivity contribution in [3.05, 3.63) is 72.4 Å². The first-order chi connectivity index (χ1) is 16.2. The fourth-order valence-corrected chi connectivity index (χ4v) is 4.50. The number of anilines is 1. The van der Waals surface area contributed by atoms with E-state index in [1.165, 1.54) is 37.1 Å². The lowest BCUT2D eigenvalue weighted by Crippen LogP contribution is -2.13. The number of nitrogens with one attached hydrogen (secondary N) is 1. The summed E-state index contributed by atoms with van der Waals surface area (Å²) >= 11 is 0.830. The molecule has 0 atom stereocenters. The largest absolute Gasteiger partial charge is 0.455 e. The molecule has 2 aromatic heterocycles. The van der Waals surface area contributed by atoms with Gasteiger partial charge in [-0.15, -0.1) is 0 Å². The number of rotatable bonds is 6. The van der Waals surface area contributed by atoms with Gasteiger partial charge in [0.2, 0.25) is 5.13 Å². The van der Waals surface area contributed by atoms with E-state index in [2.05, 4.69) is 24.0 Å². The third-order valence-corrected chi connectivity index (χ3v) is 6.40. The molecule has 0 fully saturated rings. The van der Waals surface area contributed by atoms with Gasteiger partial charge in [0, 0.05) is 23.3 Å². The number of hydrogen-bond acceptors (Lipinski definition) is 9. The number of sulfonamides is 1. The second kappa shape index (κ2) is 9.04. The average molecular weight is 504 g/mol. The zero-order valence-electron chi connectivity index (χ0n) is 16.7. The summed E-state index contributed by atoms with van der Waals surface area (Å²) in [4.78, 5) is 11.2. The van der Waals surface area contributed by atoms with Crippen LogP contribution in [0.25, 0.3) is 11.3 Å². The van der Waals surface area contributed by atoms with Crippen molar-refractivity contribution in [3.63, 3.8) is 0 Å². The molecular formula is C20H11F3N6O3S2. The van der Waals surface area contributed by atoms with Crippen LogP contribution in [0.15, 0.2) is 66.2 Å². The summed E-state index contributed by atoms with van der Waals surface area (Å²) in [5, 5.41) is 9.59. The summed E-state index contributed by atoms with van der Waals surface area (Å²) in [6.07, 6.45) is -0.893. The molecule has 9 nitrogen and oxygen atoms in total. The fourth-order valence-electron chi connectivity index (χ4n) is 2.81. The molecule has 0 spiro atoms. The van der Waals surface area contributed by atoms with Crippen LogP contribution in [-0.2, 0) is 16.2 Å². The second-order valence-corrected chi connectivity index (χ2v) is 8.99. The molecule has 0 aliphatic carbocycles. The molecule has 0 aliphatic heterocycles. The van der Waals surface area contributed by atoms with Gasteiger partial charge in [-0.1, -0.05) is 0 Å². The van der Waals surface area contributed by atoms with Gasteiger partial charge in [0.25, 0.3) is 10.0 Å². The molecule has 172 valence electrons. The molecule has 4 aromatic rings. The maximum absolute atomic E-state index is 13.3. The Bertz CT molecular complexity index is 1470. The molecule has 1 N–H and O–H groups in total.